The maximum atomic E-state index is 13.0. The van der Waals surface area contributed by atoms with Crippen LogP contribution in [0.3, 0.4) is 0 Å². The van der Waals surface area contributed by atoms with Crippen LogP contribution in [0.4, 0.5) is 11.5 Å². The number of piperazine rings is 1. The van der Waals surface area contributed by atoms with Crippen molar-refractivity contribution in [2.45, 2.75) is 39.0 Å². The van der Waals surface area contributed by atoms with E-state index in [-0.39, 0.29) is 17.4 Å². The monoisotopic (exact) mass is 746 g/mol. The number of unbranched alkanes of at least 4 members (excludes halogenated alkanes) is 1. The van der Waals surface area contributed by atoms with E-state index < -0.39 is 0 Å². The molecule has 1 aromatic carbocycles. The van der Waals surface area contributed by atoms with Gasteiger partial charge < -0.3 is 39.3 Å². The number of likely N-dealkylation sites (N-methyl/N-ethyl adjacent to an activating group) is 1. The second kappa shape index (κ2) is 22.4. The number of thioether (sulfide) groups is 1. The zero-order chi connectivity index (χ0) is 37.2. The minimum absolute atomic E-state index is 0.0151. The van der Waals surface area contributed by atoms with E-state index in [4.69, 9.17) is 34.4 Å². The number of aryl methyl sites for hydroxylation is 1. The van der Waals surface area contributed by atoms with Gasteiger partial charge in [-0.15, -0.1) is 0 Å². The first-order chi connectivity index (χ1) is 25.3. The second-order valence-corrected chi connectivity index (χ2v) is 14.2. The average molecular weight is 747 g/mol. The van der Waals surface area contributed by atoms with Crippen LogP contribution < -0.4 is 10.2 Å². The number of fused-ring (bicyclic) bond motifs is 3. The number of H-pyrrole nitrogens is 1. The van der Waals surface area contributed by atoms with Crippen LogP contribution in [0.5, 0.6) is 0 Å². The Morgan fingerprint density at radius 2 is 1.62 bits per heavy atom. The number of benzene rings is 1. The summed E-state index contributed by atoms with van der Waals surface area (Å²) in [4.78, 5) is 41.8. The molecule has 0 saturated carbocycles. The normalized spacial score (nSPS) is 14.8. The fraction of sp³-hybridized carbons (Fsp3) is 0.676. The summed E-state index contributed by atoms with van der Waals surface area (Å²) in [5, 5.41) is 1.13. The zero-order valence-electron chi connectivity index (χ0n) is 31.7. The number of rotatable bonds is 25. The lowest BCUT2D eigenvalue weighted by Gasteiger charge is -2.41. The second-order valence-electron chi connectivity index (χ2n) is 13.3. The van der Waals surface area contributed by atoms with Gasteiger partial charge in [0.15, 0.2) is 5.12 Å². The first-order valence-corrected chi connectivity index (χ1v) is 19.8. The summed E-state index contributed by atoms with van der Waals surface area (Å²) in [6.45, 7) is 11.8. The molecule has 3 aromatic rings. The average Bonchev–Trinajstić information content (AvgIpc) is 3.59. The molecule has 4 rings (SSSR count). The summed E-state index contributed by atoms with van der Waals surface area (Å²) >= 11 is 1.20. The van der Waals surface area contributed by atoms with Gasteiger partial charge in [-0.2, -0.15) is 0 Å². The van der Waals surface area contributed by atoms with Gasteiger partial charge in [0.2, 0.25) is 5.91 Å². The van der Waals surface area contributed by atoms with Crippen LogP contribution in [0, 0.1) is 0 Å². The van der Waals surface area contributed by atoms with Crippen LogP contribution in [0.2, 0.25) is 0 Å². The van der Waals surface area contributed by atoms with Crippen LogP contribution >= 0.6 is 11.8 Å². The Morgan fingerprint density at radius 1 is 0.942 bits per heavy atom. The van der Waals surface area contributed by atoms with Gasteiger partial charge in [0.05, 0.1) is 91.5 Å². The van der Waals surface area contributed by atoms with Crippen LogP contribution in [0.25, 0.3) is 21.9 Å². The lowest BCUT2D eigenvalue weighted by atomic mass is 10.1. The molecule has 0 bridgehead atoms. The molecule has 3 heterocycles. The summed E-state index contributed by atoms with van der Waals surface area (Å²) < 4.78 is 28.5. The number of anilines is 1. The van der Waals surface area contributed by atoms with Crippen molar-refractivity contribution in [2.24, 2.45) is 0 Å². The molecule has 14 nitrogen and oxygen atoms in total. The Morgan fingerprint density at radius 3 is 2.33 bits per heavy atom. The molecular formula is C37H60N7O7S+. The van der Waals surface area contributed by atoms with Crippen LogP contribution in [0.1, 0.15) is 38.4 Å². The third kappa shape index (κ3) is 12.9. The fourth-order valence-electron chi connectivity index (χ4n) is 6.18. The molecule has 1 aliphatic heterocycles. The highest BCUT2D eigenvalue weighted by Gasteiger charge is 2.31. The van der Waals surface area contributed by atoms with Gasteiger partial charge in [-0.1, -0.05) is 25.1 Å². The van der Waals surface area contributed by atoms with Crippen molar-refractivity contribution in [2.75, 3.05) is 131 Å². The Bertz CT molecular complexity index is 1530. The van der Waals surface area contributed by atoms with Gasteiger partial charge in [-0.25, -0.2) is 9.97 Å². The van der Waals surface area contributed by atoms with Crippen LogP contribution in [0.15, 0.2) is 18.2 Å². The van der Waals surface area contributed by atoms with Crippen LogP contribution in [-0.4, -0.2) is 161 Å². The summed E-state index contributed by atoms with van der Waals surface area (Å²) in [7, 11) is 3.93. The molecule has 0 aliphatic carbocycles. The smallest absolute Gasteiger partial charge is 0.225 e. The molecule has 52 heavy (non-hydrogen) atoms. The Hall–Kier alpha value is -2.89. The standard InChI is InChI=1S/C37H60N7O7S/c1-5-6-7-32-40-35-30-28-29(8-9-31(30)39-37(38)36(35)41-32)44(2)17-12-42(13-18-44)14-21-50-23-16-43(15-22-48-20-11-34(46)52-4)33(45)10-19-49-26-27-51-25-24-47-3/h8-9,28H,5-7,10-27H2,1-4H3,(H2,38,39)(H,40,41)/q+1. The number of pyridine rings is 1. The van der Waals surface area contributed by atoms with Crippen molar-refractivity contribution in [1.82, 2.24) is 29.2 Å². The minimum atomic E-state index is -0.0151. The summed E-state index contributed by atoms with van der Waals surface area (Å²) in [6, 6.07) is 6.50. The number of methoxy groups -OCH3 is 1. The van der Waals surface area contributed by atoms with E-state index in [1.165, 1.54) is 17.4 Å². The quantitative estimate of drug-likeness (QED) is 0.0964. The molecule has 290 valence electrons. The highest BCUT2D eigenvalue weighted by Crippen LogP contribution is 2.32. The number of hydrogen-bond acceptors (Lipinski definition) is 12. The summed E-state index contributed by atoms with van der Waals surface area (Å²) in [6.07, 6.45) is 5.47. The SMILES string of the molecule is CCCCc1nc2c([nH]1)c(N)nc1ccc([N+]3(C)CCN(CCOCCN(CCOCCC(=O)SC)C(=O)CCOCCOCCOC)CC3)cc12. The molecule has 1 aliphatic rings. The number of carbonyl (C=O) groups excluding carboxylic acids is 2. The van der Waals surface area contributed by atoms with Crippen LogP contribution in [-0.2, 0) is 39.7 Å². The van der Waals surface area contributed by atoms with Gasteiger partial charge in [0.25, 0.3) is 0 Å². The molecule has 15 heteroatoms. The molecular weight excluding hydrogens is 687 g/mol. The molecule has 3 N–H and O–H groups in total. The van der Waals surface area contributed by atoms with E-state index in [2.05, 4.69) is 47.0 Å². The van der Waals surface area contributed by atoms with Crippen molar-refractivity contribution >= 4 is 56.2 Å². The number of nitrogens with zero attached hydrogens (tertiary/aromatic N) is 5. The number of quaternary nitrogens is 1. The Labute approximate surface area is 312 Å². The number of aromatic amines is 1. The number of nitrogens with one attached hydrogen (secondary N) is 1. The molecule has 0 atom stereocenters. The largest absolute Gasteiger partial charge is 0.382 e. The molecule has 1 fully saturated rings. The number of amides is 1. The molecule has 2 aromatic heterocycles. The predicted molar refractivity (Wildman–Crippen MR) is 208 cm³/mol. The van der Waals surface area contributed by atoms with Gasteiger partial charge in [-0.05, 0) is 18.7 Å². The molecule has 1 amide bonds. The van der Waals surface area contributed by atoms with Gasteiger partial charge in [0.1, 0.15) is 28.4 Å². The lowest BCUT2D eigenvalue weighted by Crippen LogP contribution is -2.58. The number of nitrogens with two attached hydrogens (primary N) is 1. The van der Waals surface area contributed by atoms with E-state index in [1.807, 2.05) is 0 Å². The predicted octanol–water partition coefficient (Wildman–Crippen LogP) is 3.50. The highest BCUT2D eigenvalue weighted by molar-refractivity contribution is 8.13. The number of hydrogen-bond donors (Lipinski definition) is 2. The first-order valence-electron chi connectivity index (χ1n) is 18.6. The first kappa shape index (κ1) is 41.9. The number of imidazole rings is 1. The number of carbonyl (C=O) groups is 2. The number of nitrogen functional groups attached to an aromatic ring is 1. The Balaban J connectivity index is 1.21. The van der Waals surface area contributed by atoms with Crippen molar-refractivity contribution in [3.05, 3.63) is 24.0 Å². The maximum Gasteiger partial charge on any atom is 0.225 e. The van der Waals surface area contributed by atoms with E-state index in [0.29, 0.717) is 84.8 Å². The van der Waals surface area contributed by atoms with E-state index in [9.17, 15) is 9.59 Å². The molecule has 0 radical (unpaired) electrons. The minimum Gasteiger partial charge on any atom is -0.382 e. The van der Waals surface area contributed by atoms with Crippen molar-refractivity contribution < 1.29 is 33.3 Å². The van der Waals surface area contributed by atoms with Crippen molar-refractivity contribution in [1.29, 1.82) is 0 Å². The summed E-state index contributed by atoms with van der Waals surface area (Å²) in [5.74, 6) is 1.44. The van der Waals surface area contributed by atoms with E-state index >= 15 is 0 Å². The van der Waals surface area contributed by atoms with Crippen molar-refractivity contribution in [3.8, 4) is 0 Å². The van der Waals surface area contributed by atoms with Crippen molar-refractivity contribution in [3.63, 3.8) is 0 Å². The summed E-state index contributed by atoms with van der Waals surface area (Å²) in [5.41, 5.74) is 10.2. The van der Waals surface area contributed by atoms with Gasteiger partial charge >= 0.3 is 0 Å². The van der Waals surface area contributed by atoms with E-state index in [1.54, 1.807) is 18.3 Å². The third-order valence-electron chi connectivity index (χ3n) is 9.55. The van der Waals surface area contributed by atoms with Gasteiger partial charge in [-0.3, -0.25) is 19.0 Å². The van der Waals surface area contributed by atoms with E-state index in [0.717, 1.165) is 84.2 Å². The highest BCUT2D eigenvalue weighted by atomic mass is 32.2. The van der Waals surface area contributed by atoms with Gasteiger partial charge in [0, 0.05) is 70.2 Å². The Kier molecular flexibility index (Phi) is 18.0. The zero-order valence-corrected chi connectivity index (χ0v) is 32.5. The molecule has 0 spiro atoms. The fourth-order valence-corrected chi connectivity index (χ4v) is 6.46. The maximum absolute atomic E-state index is 13.0. The lowest BCUT2D eigenvalue weighted by molar-refractivity contribution is -0.134. The molecule has 0 unspecified atom stereocenters. The number of aromatic nitrogens is 3. The number of ether oxygens (including phenoxy) is 5. The molecule has 1 saturated heterocycles. The third-order valence-corrected chi connectivity index (χ3v) is 10.2. The topological polar surface area (TPSA) is 154 Å².